The highest BCUT2D eigenvalue weighted by molar-refractivity contribution is 6.55. The van der Waals surface area contributed by atoms with E-state index in [9.17, 15) is 30.3 Å². The van der Waals surface area contributed by atoms with E-state index < -0.39 is 53.4 Å². The van der Waals surface area contributed by atoms with Crippen LogP contribution in [0.15, 0.2) is 12.1 Å². The molecule has 0 aliphatic heterocycles. The number of hydrogen-bond donors (Lipinski definition) is 0. The van der Waals surface area contributed by atoms with Crippen molar-refractivity contribution in [3.05, 3.63) is 67.6 Å². The Morgan fingerprint density at radius 3 is 1.33 bits per heavy atom. The molecule has 0 amide bonds. The number of halogens is 5. The molecule has 0 saturated carbocycles. The molecule has 0 aliphatic rings. The monoisotopic (exact) mass is 475 g/mol. The van der Waals surface area contributed by atoms with Gasteiger partial charge in [0.2, 0.25) is 0 Å². The fourth-order valence-corrected chi connectivity index (χ4v) is 3.04. The van der Waals surface area contributed by atoms with Gasteiger partial charge in [-0.3, -0.25) is 30.3 Å². The lowest BCUT2D eigenvalue weighted by molar-refractivity contribution is -0.404. The minimum absolute atomic E-state index is 0.242. The van der Waals surface area contributed by atoms with Crippen molar-refractivity contribution >= 4 is 75.1 Å². The maximum atomic E-state index is 11.3. The van der Waals surface area contributed by atoms with Crippen LogP contribution >= 0.6 is 58.0 Å². The molecule has 0 bridgehead atoms. The Morgan fingerprint density at radius 2 is 1.00 bits per heavy atom. The fraction of sp³-hybridized carbons (Fsp3) is 0. The minimum atomic E-state index is -1.11. The summed E-state index contributed by atoms with van der Waals surface area (Å²) in [6, 6.07) is 0.951. The summed E-state index contributed by atoms with van der Waals surface area (Å²) in [7, 11) is 0. The highest BCUT2D eigenvalue weighted by Crippen LogP contribution is 2.52. The summed E-state index contributed by atoms with van der Waals surface area (Å²) in [6.45, 7) is 0. The molecule has 0 atom stereocenters. The van der Waals surface area contributed by atoms with Crippen LogP contribution < -0.4 is 4.74 Å². The van der Waals surface area contributed by atoms with Crippen molar-refractivity contribution in [1.29, 1.82) is 0 Å². The molecule has 0 saturated heterocycles. The van der Waals surface area contributed by atoms with Crippen LogP contribution in [0.3, 0.4) is 0 Å². The predicted molar refractivity (Wildman–Crippen MR) is 98.0 cm³/mol. The van der Waals surface area contributed by atoms with E-state index in [2.05, 4.69) is 0 Å². The number of benzene rings is 2. The van der Waals surface area contributed by atoms with Crippen molar-refractivity contribution < 1.29 is 19.5 Å². The van der Waals surface area contributed by atoms with Gasteiger partial charge in [-0.2, -0.15) is 0 Å². The molecule has 15 heteroatoms. The lowest BCUT2D eigenvalue weighted by Gasteiger charge is -2.13. The smallest absolute Gasteiger partial charge is 0.325 e. The predicted octanol–water partition coefficient (Wildman–Crippen LogP) is 6.47. The Morgan fingerprint density at radius 1 is 0.630 bits per heavy atom. The summed E-state index contributed by atoms with van der Waals surface area (Å²) in [4.78, 5) is 30.1. The Bertz CT molecular complexity index is 949. The Kier molecular flexibility index (Phi) is 6.17. The van der Waals surface area contributed by atoms with Gasteiger partial charge in [-0.05, 0) is 0 Å². The number of nitrogens with zero attached hydrogens (tertiary/aromatic N) is 3. The van der Waals surface area contributed by atoms with Gasteiger partial charge in [0.1, 0.15) is 10.0 Å². The van der Waals surface area contributed by atoms with Crippen LogP contribution in [0.4, 0.5) is 17.1 Å². The fourth-order valence-electron chi connectivity index (χ4n) is 1.84. The van der Waals surface area contributed by atoms with Gasteiger partial charge in [-0.25, -0.2) is 0 Å². The van der Waals surface area contributed by atoms with Gasteiger partial charge >= 0.3 is 11.4 Å². The molecule has 0 unspecified atom stereocenters. The first-order chi connectivity index (χ1) is 12.5. The molecule has 0 heterocycles. The molecular formula is C12H2Cl5N3O7. The summed E-state index contributed by atoms with van der Waals surface area (Å²) in [5, 5.41) is 31.6. The molecule has 0 aromatic heterocycles. The molecule has 0 radical (unpaired) electrons. The van der Waals surface area contributed by atoms with Crippen molar-refractivity contribution in [2.24, 2.45) is 0 Å². The lowest BCUT2D eigenvalue weighted by atomic mass is 10.2. The zero-order chi connectivity index (χ0) is 20.6. The summed E-state index contributed by atoms with van der Waals surface area (Å²) in [5.41, 5.74) is -3.06. The van der Waals surface area contributed by atoms with Crippen LogP contribution in [0.25, 0.3) is 0 Å². The van der Waals surface area contributed by atoms with Gasteiger partial charge in [0.25, 0.3) is 11.4 Å². The molecule has 0 fully saturated rings. The second-order valence-electron chi connectivity index (χ2n) is 4.59. The SMILES string of the molecule is O=[N+]([O-])c1cc([N+](=O)[O-])c(Oc2c(Cl)c(Cl)c(Cl)c(Cl)c2Cl)c([N+](=O)[O-])c1. The molecule has 0 aliphatic carbocycles. The second kappa shape index (κ2) is 7.87. The van der Waals surface area contributed by atoms with Crippen molar-refractivity contribution in [3.8, 4) is 11.5 Å². The maximum absolute atomic E-state index is 11.3. The summed E-state index contributed by atoms with van der Waals surface area (Å²) >= 11 is 29.4. The van der Waals surface area contributed by atoms with Crippen molar-refractivity contribution in [2.75, 3.05) is 0 Å². The normalized spacial score (nSPS) is 10.6. The van der Waals surface area contributed by atoms with E-state index in [0.717, 1.165) is 0 Å². The highest BCUT2D eigenvalue weighted by Gasteiger charge is 2.34. The molecular weight excluding hydrogens is 475 g/mol. The third-order valence-corrected chi connectivity index (χ3v) is 5.25. The van der Waals surface area contributed by atoms with E-state index >= 15 is 0 Å². The summed E-state index contributed by atoms with van der Waals surface area (Å²) in [5.74, 6) is -1.52. The molecule has 0 N–H and O–H groups in total. The molecule has 2 rings (SSSR count). The van der Waals surface area contributed by atoms with E-state index in [1.807, 2.05) is 0 Å². The summed E-state index contributed by atoms with van der Waals surface area (Å²) < 4.78 is 5.18. The molecule has 142 valence electrons. The maximum Gasteiger partial charge on any atom is 0.325 e. The topological polar surface area (TPSA) is 139 Å². The zero-order valence-electron chi connectivity index (χ0n) is 12.2. The molecule has 10 nitrogen and oxygen atoms in total. The molecule has 0 spiro atoms. The highest BCUT2D eigenvalue weighted by atomic mass is 35.5. The number of rotatable bonds is 5. The van der Waals surface area contributed by atoms with Crippen molar-refractivity contribution in [1.82, 2.24) is 0 Å². The van der Waals surface area contributed by atoms with Crippen LogP contribution in [-0.4, -0.2) is 14.8 Å². The van der Waals surface area contributed by atoms with E-state index in [4.69, 9.17) is 62.7 Å². The first-order valence-corrected chi connectivity index (χ1v) is 8.16. The van der Waals surface area contributed by atoms with Gasteiger partial charge in [0.05, 0.1) is 42.0 Å². The Balaban J connectivity index is 2.82. The van der Waals surface area contributed by atoms with Crippen LogP contribution in [0.5, 0.6) is 11.5 Å². The quantitative estimate of drug-likeness (QED) is 0.208. The van der Waals surface area contributed by atoms with E-state index in [-0.39, 0.29) is 15.1 Å². The van der Waals surface area contributed by atoms with Crippen molar-refractivity contribution in [2.45, 2.75) is 0 Å². The second-order valence-corrected chi connectivity index (χ2v) is 6.48. The van der Waals surface area contributed by atoms with Crippen LogP contribution in [0.2, 0.25) is 25.1 Å². The molecule has 2 aromatic carbocycles. The largest absolute Gasteiger partial charge is 0.441 e. The average molecular weight is 477 g/mol. The van der Waals surface area contributed by atoms with Crippen molar-refractivity contribution in [3.63, 3.8) is 0 Å². The van der Waals surface area contributed by atoms with Gasteiger partial charge < -0.3 is 4.74 Å². The van der Waals surface area contributed by atoms with Crippen LogP contribution in [0.1, 0.15) is 0 Å². The Labute approximate surface area is 173 Å². The summed E-state index contributed by atoms with van der Waals surface area (Å²) in [6.07, 6.45) is 0. The van der Waals surface area contributed by atoms with E-state index in [0.29, 0.717) is 12.1 Å². The van der Waals surface area contributed by atoms with Crippen LogP contribution in [0, 0.1) is 30.3 Å². The zero-order valence-corrected chi connectivity index (χ0v) is 16.0. The first kappa shape index (κ1) is 21.2. The third-order valence-electron chi connectivity index (χ3n) is 3.01. The molecule has 2 aromatic rings. The number of nitro groups is 3. The van der Waals surface area contributed by atoms with Gasteiger partial charge in [0, 0.05) is 0 Å². The number of hydrogen-bond acceptors (Lipinski definition) is 7. The number of ether oxygens (including phenoxy) is 1. The third kappa shape index (κ3) is 3.94. The van der Waals surface area contributed by atoms with E-state index in [1.165, 1.54) is 0 Å². The number of nitro benzene ring substituents is 3. The first-order valence-electron chi connectivity index (χ1n) is 6.27. The van der Waals surface area contributed by atoms with Gasteiger partial charge in [-0.1, -0.05) is 58.0 Å². The number of non-ortho nitro benzene ring substituents is 1. The van der Waals surface area contributed by atoms with E-state index in [1.54, 1.807) is 0 Å². The Hall–Kier alpha value is -2.11. The average Bonchev–Trinajstić information content (AvgIpc) is 2.61. The van der Waals surface area contributed by atoms with Crippen LogP contribution in [-0.2, 0) is 0 Å². The van der Waals surface area contributed by atoms with Gasteiger partial charge in [0.15, 0.2) is 5.75 Å². The lowest BCUT2D eigenvalue weighted by Crippen LogP contribution is -2.02. The van der Waals surface area contributed by atoms with Gasteiger partial charge in [-0.15, -0.1) is 0 Å². The molecule has 27 heavy (non-hydrogen) atoms. The minimum Gasteiger partial charge on any atom is -0.441 e. The standard InChI is InChI=1S/C12H2Cl5N3O7/c13-6-7(14)9(16)12(10(17)8(6)15)27-11-4(19(23)24)1-3(18(21)22)2-5(11)20(25)26/h1-2H.